The summed E-state index contributed by atoms with van der Waals surface area (Å²) in [7, 11) is 0. The zero-order valence-electron chi connectivity index (χ0n) is 13.0. The lowest BCUT2D eigenvalue weighted by atomic mass is 9.85. The second-order valence-electron chi connectivity index (χ2n) is 6.98. The summed E-state index contributed by atoms with van der Waals surface area (Å²) in [5.41, 5.74) is -0.0284. The third-order valence-electron chi connectivity index (χ3n) is 5.25. The Bertz CT molecular complexity index is 270. The number of piperidine rings is 1. The van der Waals surface area contributed by atoms with E-state index in [0.29, 0.717) is 5.92 Å². The first-order valence-electron chi connectivity index (χ1n) is 8.19. The van der Waals surface area contributed by atoms with Crippen molar-refractivity contribution in [3.8, 4) is 0 Å². The van der Waals surface area contributed by atoms with Gasteiger partial charge in [0.15, 0.2) is 0 Å². The molecule has 0 bridgehead atoms. The first kappa shape index (κ1) is 15.3. The molecule has 0 aromatic carbocycles. The minimum atomic E-state index is -0.0284. The average molecular weight is 268 g/mol. The molecule has 0 aromatic rings. The first-order chi connectivity index (χ1) is 9.11. The Morgan fingerprint density at radius 3 is 2.26 bits per heavy atom. The van der Waals surface area contributed by atoms with Gasteiger partial charge in [0.1, 0.15) is 0 Å². The second kappa shape index (κ2) is 6.55. The highest BCUT2D eigenvalue weighted by atomic mass is 16.3. The molecule has 112 valence electrons. The van der Waals surface area contributed by atoms with E-state index in [2.05, 4.69) is 31.0 Å². The van der Waals surface area contributed by atoms with Crippen molar-refractivity contribution in [2.24, 2.45) is 17.8 Å². The maximum Gasteiger partial charge on any atom is 0.0628 e. The Morgan fingerprint density at radius 1 is 1.21 bits per heavy atom. The molecule has 1 aliphatic carbocycles. The third-order valence-corrected chi connectivity index (χ3v) is 5.25. The molecule has 1 aliphatic heterocycles. The molecule has 2 N–H and O–H groups in total. The van der Waals surface area contributed by atoms with Crippen LogP contribution in [0.3, 0.4) is 0 Å². The Balaban J connectivity index is 1.88. The normalized spacial score (nSPS) is 25.7. The van der Waals surface area contributed by atoms with Gasteiger partial charge in [-0.25, -0.2) is 0 Å². The van der Waals surface area contributed by atoms with E-state index < -0.39 is 0 Å². The molecular formula is C16H32N2O. The summed E-state index contributed by atoms with van der Waals surface area (Å²) < 4.78 is 0. The molecule has 3 nitrogen and oxygen atoms in total. The highest BCUT2D eigenvalue weighted by Crippen LogP contribution is 2.40. The van der Waals surface area contributed by atoms with Gasteiger partial charge in [-0.15, -0.1) is 0 Å². The SMILES string of the molecule is CCNC(CO)(CN1CCC(C(C)C)CC1)C1CC1. The Labute approximate surface area is 118 Å². The van der Waals surface area contributed by atoms with Gasteiger partial charge < -0.3 is 15.3 Å². The monoisotopic (exact) mass is 268 g/mol. The fourth-order valence-corrected chi connectivity index (χ4v) is 3.73. The van der Waals surface area contributed by atoms with Gasteiger partial charge in [0.25, 0.3) is 0 Å². The van der Waals surface area contributed by atoms with Crippen molar-refractivity contribution in [2.45, 2.75) is 52.0 Å². The maximum absolute atomic E-state index is 9.90. The minimum absolute atomic E-state index is 0.0284. The quantitative estimate of drug-likeness (QED) is 0.742. The summed E-state index contributed by atoms with van der Waals surface area (Å²) in [5.74, 6) is 2.42. The number of likely N-dealkylation sites (tertiary alicyclic amines) is 1. The van der Waals surface area contributed by atoms with Crippen LogP contribution in [0.2, 0.25) is 0 Å². The van der Waals surface area contributed by atoms with Crippen LogP contribution >= 0.6 is 0 Å². The number of aliphatic hydroxyl groups is 1. The zero-order valence-corrected chi connectivity index (χ0v) is 13.0. The molecule has 1 heterocycles. The van der Waals surface area contributed by atoms with E-state index in [9.17, 15) is 5.11 Å². The van der Waals surface area contributed by atoms with Crippen molar-refractivity contribution >= 4 is 0 Å². The van der Waals surface area contributed by atoms with Gasteiger partial charge in [-0.2, -0.15) is 0 Å². The van der Waals surface area contributed by atoms with Gasteiger partial charge in [-0.1, -0.05) is 20.8 Å². The van der Waals surface area contributed by atoms with Crippen LogP contribution in [0.25, 0.3) is 0 Å². The summed E-state index contributed by atoms with van der Waals surface area (Å²) >= 11 is 0. The standard InChI is InChI=1S/C16H32N2O/c1-4-17-16(12-19,15-5-6-15)11-18-9-7-14(8-10-18)13(2)3/h13-15,17,19H,4-12H2,1-3H3. The number of nitrogens with zero attached hydrogens (tertiary/aromatic N) is 1. The second-order valence-corrected chi connectivity index (χ2v) is 6.98. The number of rotatable bonds is 7. The van der Waals surface area contributed by atoms with Crippen LogP contribution in [0.5, 0.6) is 0 Å². The molecule has 1 atom stereocenters. The van der Waals surface area contributed by atoms with Crippen LogP contribution in [0.1, 0.15) is 46.5 Å². The molecule has 1 saturated heterocycles. The summed E-state index contributed by atoms with van der Waals surface area (Å²) in [6.07, 6.45) is 5.23. The Morgan fingerprint density at radius 2 is 1.84 bits per heavy atom. The Hall–Kier alpha value is -0.120. The van der Waals surface area contributed by atoms with Crippen molar-refractivity contribution in [1.82, 2.24) is 10.2 Å². The largest absolute Gasteiger partial charge is 0.394 e. The third kappa shape index (κ3) is 3.71. The zero-order chi connectivity index (χ0) is 13.9. The van der Waals surface area contributed by atoms with Gasteiger partial charge in [-0.3, -0.25) is 0 Å². The number of hydrogen-bond acceptors (Lipinski definition) is 3. The van der Waals surface area contributed by atoms with Crippen LogP contribution in [0.4, 0.5) is 0 Å². The number of nitrogens with one attached hydrogen (secondary N) is 1. The van der Waals surface area contributed by atoms with Crippen molar-refractivity contribution in [3.05, 3.63) is 0 Å². The highest BCUT2D eigenvalue weighted by molar-refractivity contribution is 5.03. The highest BCUT2D eigenvalue weighted by Gasteiger charge is 2.45. The lowest BCUT2D eigenvalue weighted by Crippen LogP contribution is -2.59. The van der Waals surface area contributed by atoms with Crippen molar-refractivity contribution in [3.63, 3.8) is 0 Å². The van der Waals surface area contributed by atoms with E-state index in [0.717, 1.165) is 24.9 Å². The first-order valence-corrected chi connectivity index (χ1v) is 8.19. The molecule has 3 heteroatoms. The van der Waals surface area contributed by atoms with Gasteiger partial charge in [-0.05, 0) is 63.1 Å². The molecular weight excluding hydrogens is 236 g/mol. The van der Waals surface area contributed by atoms with Crippen LogP contribution < -0.4 is 5.32 Å². The molecule has 2 rings (SSSR count). The fraction of sp³-hybridized carbons (Fsp3) is 1.00. The number of hydrogen-bond donors (Lipinski definition) is 2. The van der Waals surface area contributed by atoms with E-state index >= 15 is 0 Å². The van der Waals surface area contributed by atoms with Gasteiger partial charge in [0.05, 0.1) is 12.1 Å². The summed E-state index contributed by atoms with van der Waals surface area (Å²) in [4.78, 5) is 2.58. The number of likely N-dealkylation sites (N-methyl/N-ethyl adjacent to an activating group) is 1. The van der Waals surface area contributed by atoms with E-state index in [4.69, 9.17) is 0 Å². The summed E-state index contributed by atoms with van der Waals surface area (Å²) in [6, 6.07) is 0. The van der Waals surface area contributed by atoms with Crippen molar-refractivity contribution in [2.75, 3.05) is 32.8 Å². The lowest BCUT2D eigenvalue weighted by molar-refractivity contribution is 0.0680. The van der Waals surface area contributed by atoms with E-state index in [1.165, 1.54) is 38.8 Å². The maximum atomic E-state index is 9.90. The summed E-state index contributed by atoms with van der Waals surface area (Å²) in [6.45, 7) is 11.5. The van der Waals surface area contributed by atoms with Crippen LogP contribution in [-0.2, 0) is 0 Å². The van der Waals surface area contributed by atoms with E-state index in [1.807, 2.05) is 0 Å². The average Bonchev–Trinajstić information content (AvgIpc) is 3.23. The molecule has 1 unspecified atom stereocenters. The lowest BCUT2D eigenvalue weighted by Gasteiger charge is -2.41. The molecule has 1 saturated carbocycles. The van der Waals surface area contributed by atoms with Gasteiger partial charge in [0, 0.05) is 6.54 Å². The molecule has 19 heavy (non-hydrogen) atoms. The van der Waals surface area contributed by atoms with Gasteiger partial charge in [0.2, 0.25) is 0 Å². The topological polar surface area (TPSA) is 35.5 Å². The minimum Gasteiger partial charge on any atom is -0.394 e. The fourth-order valence-electron chi connectivity index (χ4n) is 3.73. The summed E-state index contributed by atoms with van der Waals surface area (Å²) in [5, 5.41) is 13.5. The predicted octanol–water partition coefficient (Wildman–Crippen LogP) is 2.10. The molecule has 0 aromatic heterocycles. The predicted molar refractivity (Wildman–Crippen MR) is 80.2 cm³/mol. The molecule has 2 aliphatic rings. The van der Waals surface area contributed by atoms with Gasteiger partial charge >= 0.3 is 0 Å². The molecule has 0 amide bonds. The molecule has 2 fully saturated rings. The Kier molecular flexibility index (Phi) is 5.27. The van der Waals surface area contributed by atoms with Crippen LogP contribution in [-0.4, -0.2) is 48.3 Å². The van der Waals surface area contributed by atoms with Crippen LogP contribution in [0.15, 0.2) is 0 Å². The smallest absolute Gasteiger partial charge is 0.0628 e. The molecule has 0 radical (unpaired) electrons. The van der Waals surface area contributed by atoms with Crippen molar-refractivity contribution < 1.29 is 5.11 Å². The van der Waals surface area contributed by atoms with Crippen LogP contribution in [0, 0.1) is 17.8 Å². The molecule has 0 spiro atoms. The van der Waals surface area contributed by atoms with E-state index in [-0.39, 0.29) is 12.1 Å². The van der Waals surface area contributed by atoms with E-state index in [1.54, 1.807) is 0 Å². The van der Waals surface area contributed by atoms with Crippen molar-refractivity contribution in [1.29, 1.82) is 0 Å². The number of aliphatic hydroxyl groups excluding tert-OH is 1.